The van der Waals surface area contributed by atoms with Crippen molar-refractivity contribution in [1.29, 1.82) is 0 Å². The Morgan fingerprint density at radius 3 is 2.75 bits per heavy atom. The second-order valence-corrected chi connectivity index (χ2v) is 4.69. The summed E-state index contributed by atoms with van der Waals surface area (Å²) in [5, 5.41) is 24.5. The minimum absolute atomic E-state index is 0.0560. The molecule has 2 aromatic rings. The zero-order valence-electron chi connectivity index (χ0n) is 12.5. The van der Waals surface area contributed by atoms with Crippen LogP contribution in [0.15, 0.2) is 36.9 Å². The van der Waals surface area contributed by atoms with Gasteiger partial charge in [0.1, 0.15) is 5.69 Å². The van der Waals surface area contributed by atoms with E-state index in [1.807, 2.05) is 0 Å². The Labute approximate surface area is 136 Å². The molecule has 0 radical (unpaired) electrons. The number of hydrogen-bond donors (Lipinski definition) is 3. The van der Waals surface area contributed by atoms with E-state index in [-0.39, 0.29) is 36.6 Å². The molecule has 0 unspecified atom stereocenters. The molecule has 3 N–H and O–H groups in total. The fourth-order valence-corrected chi connectivity index (χ4v) is 1.95. The van der Waals surface area contributed by atoms with E-state index in [1.165, 1.54) is 29.2 Å². The van der Waals surface area contributed by atoms with Crippen molar-refractivity contribution in [3.63, 3.8) is 0 Å². The van der Waals surface area contributed by atoms with Crippen LogP contribution >= 0.6 is 0 Å². The summed E-state index contributed by atoms with van der Waals surface area (Å²) in [6.45, 7) is -0.419. The summed E-state index contributed by atoms with van der Waals surface area (Å²) in [6.07, 6.45) is 4.44. The molecule has 126 valence electrons. The third-order valence-corrected chi connectivity index (χ3v) is 3.06. The van der Waals surface area contributed by atoms with E-state index in [2.05, 4.69) is 15.6 Å². The monoisotopic (exact) mass is 333 g/mol. The number of aliphatic hydroxyl groups is 1. The SMILES string of the molecule is O=C(CNC(=O)c1ccc(-n2ccnc2)c([N+](=O)[O-])c1)NCCO. The lowest BCUT2D eigenvalue weighted by Gasteiger charge is -2.08. The minimum atomic E-state index is -0.616. The van der Waals surface area contributed by atoms with Crippen LogP contribution < -0.4 is 10.6 Å². The number of aromatic nitrogens is 2. The van der Waals surface area contributed by atoms with Crippen LogP contribution in [0.4, 0.5) is 5.69 Å². The molecule has 2 amide bonds. The molecule has 10 nitrogen and oxygen atoms in total. The topological polar surface area (TPSA) is 139 Å². The number of imidazole rings is 1. The Kier molecular flexibility index (Phi) is 5.58. The van der Waals surface area contributed by atoms with Crippen molar-refractivity contribution < 1.29 is 19.6 Å². The highest BCUT2D eigenvalue weighted by Gasteiger charge is 2.19. The molecular weight excluding hydrogens is 318 g/mol. The number of nitro benzene ring substituents is 1. The molecule has 0 fully saturated rings. The smallest absolute Gasteiger partial charge is 0.294 e. The largest absolute Gasteiger partial charge is 0.395 e. The predicted molar refractivity (Wildman–Crippen MR) is 82.6 cm³/mol. The Hall–Kier alpha value is -3.27. The number of carbonyl (C=O) groups is 2. The maximum Gasteiger partial charge on any atom is 0.294 e. The summed E-state index contributed by atoms with van der Waals surface area (Å²) < 4.78 is 1.46. The van der Waals surface area contributed by atoms with Crippen molar-refractivity contribution in [3.05, 3.63) is 52.6 Å². The average molecular weight is 333 g/mol. The molecule has 0 aliphatic rings. The van der Waals surface area contributed by atoms with E-state index >= 15 is 0 Å². The van der Waals surface area contributed by atoms with Crippen molar-refractivity contribution in [2.24, 2.45) is 0 Å². The van der Waals surface area contributed by atoms with E-state index in [9.17, 15) is 19.7 Å². The Morgan fingerprint density at radius 2 is 2.12 bits per heavy atom. The second-order valence-electron chi connectivity index (χ2n) is 4.69. The van der Waals surface area contributed by atoms with Gasteiger partial charge in [0, 0.05) is 30.6 Å². The summed E-state index contributed by atoms with van der Waals surface area (Å²) >= 11 is 0. The normalized spacial score (nSPS) is 10.2. The summed E-state index contributed by atoms with van der Waals surface area (Å²) in [4.78, 5) is 37.8. The number of amides is 2. The third-order valence-electron chi connectivity index (χ3n) is 3.06. The number of benzene rings is 1. The standard InChI is InChI=1S/C14H15N5O5/c20-6-4-16-13(21)8-17-14(22)10-1-2-11(12(7-10)19(23)24)18-5-3-15-9-18/h1-3,5,7,9,20H,4,6,8H2,(H,16,21)(H,17,22). The van der Waals surface area contributed by atoms with Crippen LogP contribution in [-0.2, 0) is 4.79 Å². The number of nitrogens with one attached hydrogen (secondary N) is 2. The Morgan fingerprint density at radius 1 is 1.33 bits per heavy atom. The highest BCUT2D eigenvalue weighted by Crippen LogP contribution is 2.24. The van der Waals surface area contributed by atoms with Crippen LogP contribution in [0.25, 0.3) is 5.69 Å². The highest BCUT2D eigenvalue weighted by molar-refractivity contribution is 5.97. The van der Waals surface area contributed by atoms with Crippen LogP contribution in [-0.4, -0.2) is 51.1 Å². The quantitative estimate of drug-likeness (QED) is 0.466. The Bertz CT molecular complexity index is 744. The third kappa shape index (κ3) is 4.14. The zero-order valence-corrected chi connectivity index (χ0v) is 12.5. The summed E-state index contributed by atoms with van der Waals surface area (Å²) in [5.74, 6) is -1.09. The maximum atomic E-state index is 12.0. The van der Waals surface area contributed by atoms with E-state index < -0.39 is 16.7 Å². The average Bonchev–Trinajstić information content (AvgIpc) is 3.11. The van der Waals surface area contributed by atoms with Gasteiger partial charge in [-0.25, -0.2) is 4.98 Å². The molecule has 24 heavy (non-hydrogen) atoms. The zero-order chi connectivity index (χ0) is 17.5. The van der Waals surface area contributed by atoms with Gasteiger partial charge in [-0.05, 0) is 12.1 Å². The number of hydrogen-bond acceptors (Lipinski definition) is 6. The number of nitro groups is 1. The van der Waals surface area contributed by atoms with E-state index in [1.54, 1.807) is 6.20 Å². The molecule has 0 aliphatic heterocycles. The fourth-order valence-electron chi connectivity index (χ4n) is 1.95. The lowest BCUT2D eigenvalue weighted by atomic mass is 10.1. The number of carbonyl (C=O) groups excluding carboxylic acids is 2. The van der Waals surface area contributed by atoms with Crippen molar-refractivity contribution in [2.45, 2.75) is 0 Å². The minimum Gasteiger partial charge on any atom is -0.395 e. The molecule has 2 rings (SSSR count). The molecule has 0 saturated heterocycles. The Balaban J connectivity index is 2.13. The molecule has 0 spiro atoms. The van der Waals surface area contributed by atoms with Gasteiger partial charge in [0.2, 0.25) is 5.91 Å². The van der Waals surface area contributed by atoms with Gasteiger partial charge in [-0.1, -0.05) is 0 Å². The van der Waals surface area contributed by atoms with Crippen LogP contribution in [0.2, 0.25) is 0 Å². The van der Waals surface area contributed by atoms with Gasteiger partial charge >= 0.3 is 0 Å². The number of nitrogens with zero attached hydrogens (tertiary/aromatic N) is 3. The molecular formula is C14H15N5O5. The van der Waals surface area contributed by atoms with E-state index in [0.717, 1.165) is 6.07 Å². The molecule has 1 aromatic heterocycles. The first-order valence-corrected chi connectivity index (χ1v) is 6.95. The van der Waals surface area contributed by atoms with E-state index in [4.69, 9.17) is 5.11 Å². The summed E-state index contributed by atoms with van der Waals surface area (Å²) in [5.41, 5.74) is 0.0700. The van der Waals surface area contributed by atoms with Gasteiger partial charge in [-0.15, -0.1) is 0 Å². The van der Waals surface area contributed by atoms with Crippen LogP contribution in [0.5, 0.6) is 0 Å². The van der Waals surface area contributed by atoms with Gasteiger partial charge in [0.15, 0.2) is 0 Å². The molecule has 0 saturated carbocycles. The molecule has 1 aromatic carbocycles. The second kappa shape index (κ2) is 7.83. The number of rotatable bonds is 7. The number of aliphatic hydroxyl groups excluding tert-OH is 1. The van der Waals surface area contributed by atoms with Crippen molar-refractivity contribution in [3.8, 4) is 5.69 Å². The van der Waals surface area contributed by atoms with Gasteiger partial charge in [-0.2, -0.15) is 0 Å². The molecule has 0 atom stereocenters. The van der Waals surface area contributed by atoms with Crippen molar-refractivity contribution in [2.75, 3.05) is 19.7 Å². The van der Waals surface area contributed by atoms with Crippen LogP contribution in [0.1, 0.15) is 10.4 Å². The molecule has 0 bridgehead atoms. The highest BCUT2D eigenvalue weighted by atomic mass is 16.6. The van der Waals surface area contributed by atoms with Gasteiger partial charge < -0.3 is 20.3 Å². The van der Waals surface area contributed by atoms with E-state index in [0.29, 0.717) is 0 Å². The van der Waals surface area contributed by atoms with Gasteiger partial charge in [0.05, 0.1) is 24.4 Å². The molecule has 0 aliphatic carbocycles. The van der Waals surface area contributed by atoms with Crippen LogP contribution in [0.3, 0.4) is 0 Å². The van der Waals surface area contributed by atoms with Crippen molar-refractivity contribution in [1.82, 2.24) is 20.2 Å². The summed E-state index contributed by atoms with van der Waals surface area (Å²) in [7, 11) is 0. The predicted octanol–water partition coefficient (Wildman–Crippen LogP) is -0.381. The van der Waals surface area contributed by atoms with Crippen LogP contribution in [0, 0.1) is 10.1 Å². The first kappa shape index (κ1) is 17.1. The molecule has 1 heterocycles. The van der Waals surface area contributed by atoms with Gasteiger partial charge in [0.25, 0.3) is 11.6 Å². The molecule has 10 heteroatoms. The van der Waals surface area contributed by atoms with Gasteiger partial charge in [-0.3, -0.25) is 19.7 Å². The first-order valence-electron chi connectivity index (χ1n) is 6.95. The lowest BCUT2D eigenvalue weighted by molar-refractivity contribution is -0.384. The lowest BCUT2D eigenvalue weighted by Crippen LogP contribution is -2.38. The first-order chi connectivity index (χ1) is 11.5. The van der Waals surface area contributed by atoms with Crippen molar-refractivity contribution >= 4 is 17.5 Å². The summed E-state index contributed by atoms with van der Waals surface area (Å²) in [6, 6.07) is 3.99. The maximum absolute atomic E-state index is 12.0. The fraction of sp³-hybridized carbons (Fsp3) is 0.214.